The molecule has 2 unspecified atom stereocenters. The molecule has 1 aromatic carbocycles. The lowest BCUT2D eigenvalue weighted by Crippen LogP contribution is -2.41. The molecule has 2 aliphatic carbocycles. The van der Waals surface area contributed by atoms with Gasteiger partial charge in [-0.3, -0.25) is 0 Å². The zero-order valence-electron chi connectivity index (χ0n) is 19.7. The van der Waals surface area contributed by atoms with Crippen LogP contribution in [0, 0.1) is 18.4 Å². The largest absolute Gasteiger partial charge is 0.475 e. The lowest BCUT2D eigenvalue weighted by molar-refractivity contribution is 0.117. The van der Waals surface area contributed by atoms with Crippen molar-refractivity contribution in [3.8, 4) is 12.1 Å². The van der Waals surface area contributed by atoms with Gasteiger partial charge in [0.15, 0.2) is 21.0 Å². The number of carbonyl (C=O) groups excluding carboxylic acids is 1. The fourth-order valence-electron chi connectivity index (χ4n) is 5.38. The van der Waals surface area contributed by atoms with E-state index in [1.807, 2.05) is 19.0 Å². The smallest absolute Gasteiger partial charge is 0.355 e. The van der Waals surface area contributed by atoms with Crippen molar-refractivity contribution in [3.63, 3.8) is 0 Å². The highest BCUT2D eigenvalue weighted by Crippen LogP contribution is 2.41. The van der Waals surface area contributed by atoms with Crippen molar-refractivity contribution in [2.45, 2.75) is 62.9 Å². The van der Waals surface area contributed by atoms with Gasteiger partial charge in [-0.2, -0.15) is 10.4 Å². The Morgan fingerprint density at radius 1 is 1.24 bits per heavy atom. The molecule has 34 heavy (non-hydrogen) atoms. The van der Waals surface area contributed by atoms with Crippen molar-refractivity contribution in [1.82, 2.24) is 19.4 Å². The van der Waals surface area contributed by atoms with Crippen LogP contribution in [0.3, 0.4) is 0 Å². The minimum atomic E-state index is -3.63. The van der Waals surface area contributed by atoms with E-state index in [-0.39, 0.29) is 16.8 Å². The molecule has 10 nitrogen and oxygen atoms in total. The van der Waals surface area contributed by atoms with Gasteiger partial charge in [0.25, 0.3) is 0 Å². The first kappa shape index (κ1) is 22.7. The summed E-state index contributed by atoms with van der Waals surface area (Å²) in [5.41, 5.74) is 7.15. The SMILES string of the molecule is Cc1c2c(c(NC(=O)N=S(=O)(NC#N)c3cnn4c3OCC(N(C)C)C4)c3c1CCC3)CCC2. The highest BCUT2D eigenvalue weighted by molar-refractivity contribution is 7.92. The highest BCUT2D eigenvalue weighted by Gasteiger charge is 2.31. The first-order valence-electron chi connectivity index (χ1n) is 11.6. The van der Waals surface area contributed by atoms with E-state index in [9.17, 15) is 14.3 Å². The molecule has 2 N–H and O–H groups in total. The van der Waals surface area contributed by atoms with E-state index < -0.39 is 15.9 Å². The second-order valence-electron chi connectivity index (χ2n) is 9.31. The summed E-state index contributed by atoms with van der Waals surface area (Å²) in [4.78, 5) is 15.2. The van der Waals surface area contributed by atoms with Gasteiger partial charge in [0.05, 0.1) is 18.8 Å². The summed E-state index contributed by atoms with van der Waals surface area (Å²) in [7, 11) is 0.264. The average molecular weight is 484 g/mol. The predicted octanol–water partition coefficient (Wildman–Crippen LogP) is 2.54. The number of carbonyl (C=O) groups is 1. The second kappa shape index (κ2) is 8.60. The van der Waals surface area contributed by atoms with Crippen LogP contribution in [0.25, 0.3) is 0 Å². The number of amides is 2. The summed E-state index contributed by atoms with van der Waals surface area (Å²) in [5, 5.41) is 16.5. The number of rotatable bonds is 4. The molecule has 1 aliphatic heterocycles. The molecular formula is C23H29N7O3S. The van der Waals surface area contributed by atoms with Gasteiger partial charge in [-0.05, 0) is 87.4 Å². The van der Waals surface area contributed by atoms with Crippen LogP contribution < -0.4 is 14.8 Å². The quantitative estimate of drug-likeness (QED) is 0.509. The van der Waals surface area contributed by atoms with Gasteiger partial charge in [0.2, 0.25) is 5.88 Å². The first-order valence-corrected chi connectivity index (χ1v) is 13.1. The number of hydrogen-bond acceptors (Lipinski definition) is 6. The fraction of sp³-hybridized carbons (Fsp3) is 0.522. The van der Waals surface area contributed by atoms with Gasteiger partial charge in [0.1, 0.15) is 6.61 Å². The van der Waals surface area contributed by atoms with Gasteiger partial charge in [-0.1, -0.05) is 0 Å². The number of fused-ring (bicyclic) bond motifs is 3. The number of benzene rings is 1. The molecule has 0 bridgehead atoms. The Hall–Kier alpha value is -3.10. The van der Waals surface area contributed by atoms with Crippen LogP contribution in [-0.4, -0.2) is 51.7 Å². The lowest BCUT2D eigenvalue weighted by Gasteiger charge is -2.29. The zero-order chi connectivity index (χ0) is 24.0. The zero-order valence-corrected chi connectivity index (χ0v) is 20.5. The van der Waals surface area contributed by atoms with Crippen molar-refractivity contribution in [2.24, 2.45) is 4.36 Å². The van der Waals surface area contributed by atoms with E-state index in [0.717, 1.165) is 44.2 Å². The van der Waals surface area contributed by atoms with Crippen LogP contribution in [0.2, 0.25) is 0 Å². The molecule has 1 aromatic heterocycles. The number of ether oxygens (including phenoxy) is 1. The minimum Gasteiger partial charge on any atom is -0.475 e. The molecule has 11 heteroatoms. The van der Waals surface area contributed by atoms with Crippen LogP contribution in [0.5, 0.6) is 5.88 Å². The molecule has 2 heterocycles. The molecule has 0 fully saturated rings. The van der Waals surface area contributed by atoms with Crippen molar-refractivity contribution in [3.05, 3.63) is 34.0 Å². The van der Waals surface area contributed by atoms with E-state index in [4.69, 9.17) is 4.74 Å². The summed E-state index contributed by atoms with van der Waals surface area (Å²) in [6.07, 6.45) is 8.99. The van der Waals surface area contributed by atoms with Gasteiger partial charge in [0, 0.05) is 5.69 Å². The van der Waals surface area contributed by atoms with E-state index in [1.165, 1.54) is 34.0 Å². The van der Waals surface area contributed by atoms with E-state index >= 15 is 0 Å². The number of urea groups is 1. The third-order valence-electron chi connectivity index (χ3n) is 7.16. The molecule has 2 amide bonds. The summed E-state index contributed by atoms with van der Waals surface area (Å²) < 4.78 is 27.4. The number of nitrogens with zero attached hydrogens (tertiary/aromatic N) is 5. The van der Waals surface area contributed by atoms with Crippen molar-refractivity contribution < 1.29 is 13.7 Å². The van der Waals surface area contributed by atoms with Crippen LogP contribution >= 0.6 is 0 Å². The molecule has 2 aromatic rings. The number of nitriles is 1. The molecule has 3 aliphatic rings. The molecule has 180 valence electrons. The van der Waals surface area contributed by atoms with Crippen molar-refractivity contribution >= 4 is 21.6 Å². The molecular weight excluding hydrogens is 454 g/mol. The Bertz CT molecular complexity index is 1300. The fourth-order valence-corrected chi connectivity index (χ4v) is 6.63. The topological polar surface area (TPSA) is 125 Å². The summed E-state index contributed by atoms with van der Waals surface area (Å²) in [6.45, 7) is 3.10. The number of anilines is 1. The number of likely N-dealkylation sites (N-methyl/N-ethyl adjacent to an activating group) is 1. The maximum absolute atomic E-state index is 13.8. The van der Waals surface area contributed by atoms with E-state index in [0.29, 0.717) is 13.2 Å². The van der Waals surface area contributed by atoms with Crippen LogP contribution in [0.15, 0.2) is 15.5 Å². The van der Waals surface area contributed by atoms with Gasteiger partial charge < -0.3 is 15.0 Å². The number of aromatic nitrogens is 2. The van der Waals surface area contributed by atoms with Crippen molar-refractivity contribution in [2.75, 3.05) is 26.0 Å². The standard InChI is InChI=1S/C23H29N7O3S/c1-14-16-6-4-8-18(16)21(19-9-5-7-17(14)19)27-23(31)28-34(32,26-13-24)20-10-25-30-11-15(29(2)3)12-33-22(20)30/h10,15H,4-9,11-12H2,1-3H3,(H2,26,27,28,31,32). The molecule has 0 spiro atoms. The van der Waals surface area contributed by atoms with E-state index in [2.05, 4.69) is 26.4 Å². The Labute approximate surface area is 199 Å². The third-order valence-corrected chi connectivity index (χ3v) is 8.82. The Balaban J connectivity index is 1.51. The predicted molar refractivity (Wildman–Crippen MR) is 127 cm³/mol. The van der Waals surface area contributed by atoms with Gasteiger partial charge in [-0.15, -0.1) is 4.36 Å². The molecule has 0 saturated heterocycles. The molecule has 2 atom stereocenters. The van der Waals surface area contributed by atoms with Crippen molar-refractivity contribution in [1.29, 1.82) is 5.26 Å². The lowest BCUT2D eigenvalue weighted by atomic mass is 9.93. The highest BCUT2D eigenvalue weighted by atomic mass is 32.2. The van der Waals surface area contributed by atoms with Crippen LogP contribution in [-0.2, 0) is 42.1 Å². The summed E-state index contributed by atoms with van der Waals surface area (Å²) >= 11 is 0. The normalized spacial score (nSPS) is 19.9. The summed E-state index contributed by atoms with van der Waals surface area (Å²) in [5.74, 6) is 0.263. The Morgan fingerprint density at radius 2 is 1.88 bits per heavy atom. The maximum Gasteiger partial charge on any atom is 0.355 e. The molecule has 0 saturated carbocycles. The number of nitrogens with one attached hydrogen (secondary N) is 2. The number of hydrogen-bond donors (Lipinski definition) is 2. The first-order chi connectivity index (χ1) is 16.3. The molecule has 5 rings (SSSR count). The monoisotopic (exact) mass is 483 g/mol. The Morgan fingerprint density at radius 3 is 2.50 bits per heavy atom. The van der Waals surface area contributed by atoms with E-state index in [1.54, 1.807) is 10.9 Å². The summed E-state index contributed by atoms with van der Waals surface area (Å²) in [6, 6.07) is -0.645. The minimum absolute atomic E-state index is 0.0979. The third kappa shape index (κ3) is 3.71. The average Bonchev–Trinajstić information content (AvgIpc) is 3.55. The van der Waals surface area contributed by atoms with Crippen LogP contribution in [0.4, 0.5) is 10.5 Å². The van der Waals surface area contributed by atoms with Gasteiger partial charge >= 0.3 is 6.03 Å². The molecule has 0 radical (unpaired) electrons. The maximum atomic E-state index is 13.8. The van der Waals surface area contributed by atoms with Gasteiger partial charge in [-0.25, -0.2) is 18.4 Å². The second-order valence-corrected chi connectivity index (χ2v) is 11.2. The van der Waals surface area contributed by atoms with Crippen LogP contribution in [0.1, 0.15) is 40.7 Å². The Kier molecular flexibility index (Phi) is 5.73.